The maximum atomic E-state index is 8.42. The van der Waals surface area contributed by atoms with Gasteiger partial charge in [-0.15, -0.1) is 0 Å². The van der Waals surface area contributed by atoms with Gasteiger partial charge in [0.25, 0.3) is 0 Å². The molecule has 0 aliphatic carbocycles. The van der Waals surface area contributed by atoms with Gasteiger partial charge in [-0.2, -0.15) is 5.26 Å². The second kappa shape index (κ2) is 5.09. The van der Waals surface area contributed by atoms with E-state index in [1.54, 1.807) is 0 Å². The Morgan fingerprint density at radius 1 is 1.75 bits per heavy atom. The number of likely N-dealkylation sites (N-methyl/N-ethyl adjacent to an activating group) is 1. The fourth-order valence-electron chi connectivity index (χ4n) is 1.27. The SMILES string of the molecule is CN(CC#N)CC1CNCCO1. The fraction of sp³-hybridized carbons (Fsp3) is 0.875. The number of hydrogen-bond donors (Lipinski definition) is 1. The Hall–Kier alpha value is -0.630. The lowest BCUT2D eigenvalue weighted by atomic mass is 10.3. The number of nitrogens with zero attached hydrogens (tertiary/aromatic N) is 2. The van der Waals surface area contributed by atoms with E-state index in [4.69, 9.17) is 10.00 Å². The molecule has 1 aliphatic heterocycles. The van der Waals surface area contributed by atoms with Gasteiger partial charge in [0.2, 0.25) is 0 Å². The van der Waals surface area contributed by atoms with E-state index in [2.05, 4.69) is 11.4 Å². The first kappa shape index (κ1) is 9.46. The molecule has 0 aromatic heterocycles. The van der Waals surface area contributed by atoms with Crippen LogP contribution >= 0.6 is 0 Å². The zero-order valence-corrected chi connectivity index (χ0v) is 7.42. The van der Waals surface area contributed by atoms with Crippen molar-refractivity contribution in [2.45, 2.75) is 6.10 Å². The average molecular weight is 169 g/mol. The molecule has 4 heteroatoms. The molecule has 0 amide bonds. The Morgan fingerprint density at radius 3 is 3.17 bits per heavy atom. The predicted octanol–water partition coefficient (Wildman–Crippen LogP) is -0.570. The molecule has 1 heterocycles. The summed E-state index contributed by atoms with van der Waals surface area (Å²) in [4.78, 5) is 1.97. The summed E-state index contributed by atoms with van der Waals surface area (Å²) in [6, 6.07) is 2.11. The third-order valence-corrected chi connectivity index (χ3v) is 1.86. The van der Waals surface area contributed by atoms with E-state index in [0.29, 0.717) is 6.54 Å². The van der Waals surface area contributed by atoms with Crippen molar-refractivity contribution >= 4 is 0 Å². The molecule has 0 saturated carbocycles. The van der Waals surface area contributed by atoms with Crippen molar-refractivity contribution in [3.63, 3.8) is 0 Å². The normalized spacial score (nSPS) is 23.9. The van der Waals surface area contributed by atoms with Crippen molar-refractivity contribution in [2.24, 2.45) is 0 Å². The highest BCUT2D eigenvalue weighted by Gasteiger charge is 2.14. The molecule has 0 radical (unpaired) electrons. The van der Waals surface area contributed by atoms with Gasteiger partial charge in [-0.3, -0.25) is 4.90 Å². The van der Waals surface area contributed by atoms with Crippen LogP contribution in [0.4, 0.5) is 0 Å². The first-order chi connectivity index (χ1) is 5.83. The molecular weight excluding hydrogens is 154 g/mol. The fourth-order valence-corrected chi connectivity index (χ4v) is 1.27. The van der Waals surface area contributed by atoms with Crippen LogP contribution in [0.3, 0.4) is 0 Å². The smallest absolute Gasteiger partial charge is 0.0864 e. The lowest BCUT2D eigenvalue weighted by Crippen LogP contribution is -2.44. The van der Waals surface area contributed by atoms with Gasteiger partial charge in [-0.1, -0.05) is 0 Å². The summed E-state index contributed by atoms with van der Waals surface area (Å²) in [5.41, 5.74) is 0. The highest BCUT2D eigenvalue weighted by Crippen LogP contribution is 1.97. The molecule has 1 unspecified atom stereocenters. The zero-order chi connectivity index (χ0) is 8.81. The summed E-state index contributed by atoms with van der Waals surface area (Å²) in [5, 5.41) is 11.7. The molecule has 4 nitrogen and oxygen atoms in total. The van der Waals surface area contributed by atoms with Gasteiger partial charge in [0.05, 0.1) is 25.3 Å². The molecule has 12 heavy (non-hydrogen) atoms. The van der Waals surface area contributed by atoms with E-state index in [9.17, 15) is 0 Å². The lowest BCUT2D eigenvalue weighted by molar-refractivity contribution is 0.0120. The minimum atomic E-state index is 0.247. The summed E-state index contributed by atoms with van der Waals surface area (Å²) in [6.45, 7) is 3.93. The summed E-state index contributed by atoms with van der Waals surface area (Å²) < 4.78 is 5.48. The van der Waals surface area contributed by atoms with Crippen LogP contribution in [-0.2, 0) is 4.74 Å². The van der Waals surface area contributed by atoms with Crippen molar-refractivity contribution in [1.29, 1.82) is 5.26 Å². The number of morpholine rings is 1. The second-order valence-electron chi connectivity index (χ2n) is 3.05. The van der Waals surface area contributed by atoms with Crippen molar-refractivity contribution in [3.8, 4) is 6.07 Å². The molecule has 0 aromatic carbocycles. The number of nitriles is 1. The maximum absolute atomic E-state index is 8.42. The van der Waals surface area contributed by atoms with Crippen LogP contribution in [0, 0.1) is 11.3 Å². The van der Waals surface area contributed by atoms with Gasteiger partial charge in [0, 0.05) is 19.6 Å². The highest BCUT2D eigenvalue weighted by molar-refractivity contribution is 4.77. The van der Waals surface area contributed by atoms with Gasteiger partial charge in [-0.25, -0.2) is 0 Å². The van der Waals surface area contributed by atoms with Crippen LogP contribution in [0.1, 0.15) is 0 Å². The molecule has 0 spiro atoms. The predicted molar refractivity (Wildman–Crippen MR) is 45.7 cm³/mol. The Morgan fingerprint density at radius 2 is 2.58 bits per heavy atom. The summed E-state index contributed by atoms with van der Waals surface area (Å²) in [5.74, 6) is 0. The van der Waals surface area contributed by atoms with Crippen LogP contribution in [0.2, 0.25) is 0 Å². The lowest BCUT2D eigenvalue weighted by Gasteiger charge is -2.26. The molecule has 0 aromatic rings. The Bertz CT molecular complexity index is 160. The van der Waals surface area contributed by atoms with Crippen molar-refractivity contribution in [3.05, 3.63) is 0 Å². The van der Waals surface area contributed by atoms with Crippen molar-refractivity contribution < 1.29 is 4.74 Å². The Balaban J connectivity index is 2.16. The number of rotatable bonds is 3. The molecule has 68 valence electrons. The molecule has 1 N–H and O–H groups in total. The Kier molecular flexibility index (Phi) is 4.01. The molecule has 1 atom stereocenters. The van der Waals surface area contributed by atoms with Gasteiger partial charge in [-0.05, 0) is 7.05 Å². The maximum Gasteiger partial charge on any atom is 0.0864 e. The van der Waals surface area contributed by atoms with E-state index < -0.39 is 0 Å². The van der Waals surface area contributed by atoms with E-state index >= 15 is 0 Å². The summed E-state index contributed by atoms with van der Waals surface area (Å²) in [7, 11) is 1.93. The average Bonchev–Trinajstić information content (AvgIpc) is 2.06. The third kappa shape index (κ3) is 3.18. The van der Waals surface area contributed by atoms with E-state index in [0.717, 1.165) is 26.2 Å². The van der Waals surface area contributed by atoms with Crippen molar-refractivity contribution in [2.75, 3.05) is 39.8 Å². The third-order valence-electron chi connectivity index (χ3n) is 1.86. The minimum Gasteiger partial charge on any atom is -0.374 e. The van der Waals surface area contributed by atoms with Crippen molar-refractivity contribution in [1.82, 2.24) is 10.2 Å². The monoisotopic (exact) mass is 169 g/mol. The van der Waals surface area contributed by atoms with Crippen LogP contribution in [0.25, 0.3) is 0 Å². The van der Waals surface area contributed by atoms with Crippen LogP contribution in [0.5, 0.6) is 0 Å². The van der Waals surface area contributed by atoms with Crippen LogP contribution < -0.4 is 5.32 Å². The van der Waals surface area contributed by atoms with Gasteiger partial charge in [0.15, 0.2) is 0 Å². The highest BCUT2D eigenvalue weighted by atomic mass is 16.5. The van der Waals surface area contributed by atoms with Crippen LogP contribution in [-0.4, -0.2) is 50.8 Å². The van der Waals surface area contributed by atoms with Gasteiger partial charge in [0.1, 0.15) is 0 Å². The van der Waals surface area contributed by atoms with E-state index in [1.807, 2.05) is 11.9 Å². The van der Waals surface area contributed by atoms with Gasteiger partial charge < -0.3 is 10.1 Å². The minimum absolute atomic E-state index is 0.247. The molecule has 0 bridgehead atoms. The molecule has 1 aliphatic rings. The first-order valence-corrected chi connectivity index (χ1v) is 4.20. The quantitative estimate of drug-likeness (QED) is 0.575. The molecule has 1 fully saturated rings. The molecular formula is C8H15N3O. The standard InChI is InChI=1S/C8H15N3O/c1-11(4-2-9)7-8-6-10-3-5-12-8/h8,10H,3-7H2,1H3. The second-order valence-corrected chi connectivity index (χ2v) is 3.05. The van der Waals surface area contributed by atoms with E-state index in [-0.39, 0.29) is 6.10 Å². The number of ether oxygens (including phenoxy) is 1. The topological polar surface area (TPSA) is 48.3 Å². The first-order valence-electron chi connectivity index (χ1n) is 4.20. The summed E-state index contributed by atoms with van der Waals surface area (Å²) >= 11 is 0. The van der Waals surface area contributed by atoms with E-state index in [1.165, 1.54) is 0 Å². The summed E-state index contributed by atoms with van der Waals surface area (Å²) in [6.07, 6.45) is 0.247. The molecule has 1 rings (SSSR count). The van der Waals surface area contributed by atoms with Crippen LogP contribution in [0.15, 0.2) is 0 Å². The molecule has 1 saturated heterocycles. The number of hydrogen-bond acceptors (Lipinski definition) is 4. The zero-order valence-electron chi connectivity index (χ0n) is 7.42. The number of nitrogens with one attached hydrogen (secondary N) is 1. The van der Waals surface area contributed by atoms with Gasteiger partial charge >= 0.3 is 0 Å². The largest absolute Gasteiger partial charge is 0.374 e. The Labute approximate surface area is 73.1 Å².